The van der Waals surface area contributed by atoms with Crippen molar-refractivity contribution in [3.63, 3.8) is 0 Å². The Bertz CT molecular complexity index is 1120. The highest BCUT2D eigenvalue weighted by molar-refractivity contribution is 6.31. The number of tetrazole rings is 1. The molecule has 1 atom stereocenters. The normalized spacial score (nSPS) is 12.3. The van der Waals surface area contributed by atoms with Crippen LogP contribution in [-0.2, 0) is 22.7 Å². The van der Waals surface area contributed by atoms with Gasteiger partial charge in [0.1, 0.15) is 12.6 Å². The fourth-order valence-corrected chi connectivity index (χ4v) is 3.40. The molecule has 0 aliphatic rings. The van der Waals surface area contributed by atoms with Gasteiger partial charge < -0.3 is 10.2 Å². The number of amides is 2. The second-order valence-corrected chi connectivity index (χ2v) is 9.44. The molecule has 0 aliphatic carbocycles. The predicted octanol–water partition coefficient (Wildman–Crippen LogP) is 3.63. The van der Waals surface area contributed by atoms with Gasteiger partial charge in [-0.15, -0.1) is 10.2 Å². The maximum absolute atomic E-state index is 13.3. The summed E-state index contributed by atoms with van der Waals surface area (Å²) in [6.45, 7) is 9.39. The number of hydrogen-bond donors (Lipinski definition) is 1. The van der Waals surface area contributed by atoms with Crippen molar-refractivity contribution in [2.24, 2.45) is 0 Å². The highest BCUT2D eigenvalue weighted by atomic mass is 35.5. The van der Waals surface area contributed by atoms with E-state index in [4.69, 9.17) is 11.6 Å². The van der Waals surface area contributed by atoms with Crippen LogP contribution in [0.4, 0.5) is 0 Å². The molecule has 9 heteroatoms. The van der Waals surface area contributed by atoms with Crippen LogP contribution in [0.2, 0.25) is 5.02 Å². The third kappa shape index (κ3) is 6.61. The molecule has 0 bridgehead atoms. The molecule has 174 valence electrons. The van der Waals surface area contributed by atoms with E-state index in [1.807, 2.05) is 70.2 Å². The van der Waals surface area contributed by atoms with Gasteiger partial charge in [-0.2, -0.15) is 4.80 Å². The summed E-state index contributed by atoms with van der Waals surface area (Å²) in [4.78, 5) is 28.9. The summed E-state index contributed by atoms with van der Waals surface area (Å²) in [7, 11) is 0. The van der Waals surface area contributed by atoms with Crippen molar-refractivity contribution in [3.8, 4) is 11.4 Å². The molecule has 0 fully saturated rings. The number of rotatable bonds is 7. The van der Waals surface area contributed by atoms with Crippen LogP contribution in [0.25, 0.3) is 11.4 Å². The molecule has 0 unspecified atom stereocenters. The summed E-state index contributed by atoms with van der Waals surface area (Å²) < 4.78 is 0. The highest BCUT2D eigenvalue weighted by Gasteiger charge is 2.29. The summed E-state index contributed by atoms with van der Waals surface area (Å²) in [6.07, 6.45) is 0. The van der Waals surface area contributed by atoms with Crippen molar-refractivity contribution in [1.82, 2.24) is 30.4 Å². The summed E-state index contributed by atoms with van der Waals surface area (Å²) in [5.41, 5.74) is 2.25. The Morgan fingerprint density at radius 1 is 1.12 bits per heavy atom. The number of halogens is 1. The Morgan fingerprint density at radius 3 is 2.42 bits per heavy atom. The minimum absolute atomic E-state index is 0.156. The zero-order valence-electron chi connectivity index (χ0n) is 19.5. The van der Waals surface area contributed by atoms with Crippen molar-refractivity contribution in [3.05, 3.63) is 64.7 Å². The standard InChI is InChI=1S/C24H29ClN6O2/c1-16-10-12-18(13-11-16)22-27-29-31(28-22)15-21(32)30(14-19-8-6-7-9-20(19)25)17(2)23(33)26-24(3,4)5/h6-13,17H,14-15H2,1-5H3,(H,26,33)/t17-/m1/s1. The van der Waals surface area contributed by atoms with E-state index in [9.17, 15) is 9.59 Å². The van der Waals surface area contributed by atoms with Gasteiger partial charge in [0.2, 0.25) is 17.6 Å². The van der Waals surface area contributed by atoms with Crippen LogP contribution in [0.15, 0.2) is 48.5 Å². The molecule has 1 heterocycles. The molecule has 0 radical (unpaired) electrons. The molecule has 1 N–H and O–H groups in total. The van der Waals surface area contributed by atoms with Crippen LogP contribution in [0, 0.1) is 6.92 Å². The predicted molar refractivity (Wildman–Crippen MR) is 127 cm³/mol. The molecule has 33 heavy (non-hydrogen) atoms. The lowest BCUT2D eigenvalue weighted by molar-refractivity contribution is -0.142. The lowest BCUT2D eigenvalue weighted by Gasteiger charge is -2.31. The van der Waals surface area contributed by atoms with Crippen LogP contribution in [-0.4, -0.2) is 48.5 Å². The number of nitrogens with zero attached hydrogens (tertiary/aromatic N) is 5. The average molecular weight is 469 g/mol. The van der Waals surface area contributed by atoms with Crippen LogP contribution in [0.3, 0.4) is 0 Å². The van der Waals surface area contributed by atoms with Gasteiger partial charge in [-0.25, -0.2) is 0 Å². The van der Waals surface area contributed by atoms with Crippen molar-refractivity contribution in [2.45, 2.75) is 59.3 Å². The largest absolute Gasteiger partial charge is 0.350 e. The first-order valence-corrected chi connectivity index (χ1v) is 11.1. The number of aryl methyl sites for hydroxylation is 1. The SMILES string of the molecule is Cc1ccc(-c2nnn(CC(=O)N(Cc3ccccc3Cl)[C@H](C)C(=O)NC(C)(C)C)n2)cc1. The topological polar surface area (TPSA) is 93.0 Å². The summed E-state index contributed by atoms with van der Waals surface area (Å²) in [5, 5.41) is 15.9. The zero-order valence-corrected chi connectivity index (χ0v) is 20.3. The molecule has 0 spiro atoms. The first-order valence-electron chi connectivity index (χ1n) is 10.7. The quantitative estimate of drug-likeness (QED) is 0.571. The summed E-state index contributed by atoms with van der Waals surface area (Å²) >= 11 is 6.33. The monoisotopic (exact) mass is 468 g/mol. The number of carbonyl (C=O) groups is 2. The van der Waals surface area contributed by atoms with Gasteiger partial charge in [-0.1, -0.05) is 59.6 Å². The molecular weight excluding hydrogens is 440 g/mol. The fraction of sp³-hybridized carbons (Fsp3) is 0.375. The van der Waals surface area contributed by atoms with E-state index in [1.54, 1.807) is 13.0 Å². The molecular formula is C24H29ClN6O2. The Hall–Kier alpha value is -3.26. The third-order valence-corrected chi connectivity index (χ3v) is 5.37. The minimum atomic E-state index is -0.729. The van der Waals surface area contributed by atoms with Gasteiger partial charge in [0.25, 0.3) is 0 Å². The number of carbonyl (C=O) groups excluding carboxylic acids is 2. The molecule has 0 aliphatic heterocycles. The highest BCUT2D eigenvalue weighted by Crippen LogP contribution is 2.19. The van der Waals surface area contributed by atoms with Gasteiger partial charge in [-0.05, 0) is 51.5 Å². The molecule has 2 aromatic carbocycles. The minimum Gasteiger partial charge on any atom is -0.350 e. The van der Waals surface area contributed by atoms with E-state index in [2.05, 4.69) is 20.7 Å². The van der Waals surface area contributed by atoms with E-state index in [0.717, 1.165) is 16.7 Å². The van der Waals surface area contributed by atoms with Crippen LogP contribution >= 0.6 is 11.6 Å². The van der Waals surface area contributed by atoms with Crippen molar-refractivity contribution in [2.75, 3.05) is 0 Å². The van der Waals surface area contributed by atoms with Gasteiger partial charge in [-0.3, -0.25) is 9.59 Å². The maximum Gasteiger partial charge on any atom is 0.247 e. The van der Waals surface area contributed by atoms with Crippen molar-refractivity contribution in [1.29, 1.82) is 0 Å². The Labute approximate surface area is 198 Å². The van der Waals surface area contributed by atoms with Gasteiger partial charge in [0, 0.05) is 22.7 Å². The molecule has 0 saturated heterocycles. The van der Waals surface area contributed by atoms with Crippen molar-refractivity contribution >= 4 is 23.4 Å². The average Bonchev–Trinajstić information content (AvgIpc) is 3.20. The number of aromatic nitrogens is 4. The number of benzene rings is 2. The molecule has 8 nitrogen and oxygen atoms in total. The summed E-state index contributed by atoms with van der Waals surface area (Å²) in [5.74, 6) is -0.145. The van der Waals surface area contributed by atoms with E-state index in [1.165, 1.54) is 9.70 Å². The first-order chi connectivity index (χ1) is 15.5. The molecule has 0 saturated carbocycles. The van der Waals surface area contributed by atoms with E-state index < -0.39 is 11.6 Å². The third-order valence-electron chi connectivity index (χ3n) is 5.00. The van der Waals surface area contributed by atoms with Crippen LogP contribution < -0.4 is 5.32 Å². The van der Waals surface area contributed by atoms with Gasteiger partial charge in [0.05, 0.1) is 0 Å². The second kappa shape index (κ2) is 10.1. The Morgan fingerprint density at radius 2 is 1.79 bits per heavy atom. The molecule has 3 aromatic rings. The molecule has 3 rings (SSSR count). The maximum atomic E-state index is 13.3. The zero-order chi connectivity index (χ0) is 24.2. The molecule has 1 aromatic heterocycles. The number of hydrogen-bond acceptors (Lipinski definition) is 5. The first kappa shape index (κ1) is 24.4. The molecule has 2 amide bonds. The Kier molecular flexibility index (Phi) is 7.48. The fourth-order valence-electron chi connectivity index (χ4n) is 3.21. The smallest absolute Gasteiger partial charge is 0.247 e. The van der Waals surface area contributed by atoms with E-state index >= 15 is 0 Å². The lowest BCUT2D eigenvalue weighted by atomic mass is 10.1. The summed E-state index contributed by atoms with van der Waals surface area (Å²) in [6, 6.07) is 14.3. The van der Waals surface area contributed by atoms with Gasteiger partial charge in [0.15, 0.2) is 0 Å². The van der Waals surface area contributed by atoms with Crippen molar-refractivity contribution < 1.29 is 9.59 Å². The van der Waals surface area contributed by atoms with Crippen LogP contribution in [0.1, 0.15) is 38.8 Å². The Balaban J connectivity index is 1.82. The number of nitrogens with one attached hydrogen (secondary N) is 1. The second-order valence-electron chi connectivity index (χ2n) is 9.04. The van der Waals surface area contributed by atoms with Gasteiger partial charge >= 0.3 is 0 Å². The lowest BCUT2D eigenvalue weighted by Crippen LogP contribution is -2.53. The van der Waals surface area contributed by atoms with E-state index in [0.29, 0.717) is 10.8 Å². The van der Waals surface area contributed by atoms with E-state index in [-0.39, 0.29) is 24.9 Å². The van der Waals surface area contributed by atoms with Crippen LogP contribution in [0.5, 0.6) is 0 Å².